The largest absolute Gasteiger partial charge is 0.325 e. The molecule has 8 heteroatoms. The van der Waals surface area contributed by atoms with Gasteiger partial charge in [-0.1, -0.05) is 47.6 Å². The smallest absolute Gasteiger partial charge is 0.234 e. The Morgan fingerprint density at radius 2 is 1.83 bits per heavy atom. The fourth-order valence-corrected chi connectivity index (χ4v) is 3.83. The average Bonchev–Trinajstić information content (AvgIpc) is 3.20. The number of amides is 1. The van der Waals surface area contributed by atoms with Crippen molar-refractivity contribution in [2.75, 3.05) is 11.1 Å². The maximum atomic E-state index is 12.5. The molecule has 0 spiro atoms. The second kappa shape index (κ2) is 9.11. The minimum absolute atomic E-state index is 0.140. The van der Waals surface area contributed by atoms with Crippen molar-refractivity contribution in [2.45, 2.75) is 12.1 Å². The third-order valence-electron chi connectivity index (χ3n) is 4.39. The maximum Gasteiger partial charge on any atom is 0.234 e. The first kappa shape index (κ1) is 20.1. The number of para-hydroxylation sites is 1. The van der Waals surface area contributed by atoms with Gasteiger partial charge in [0.2, 0.25) is 5.91 Å². The molecule has 2 aromatic carbocycles. The number of hydrogen-bond donors (Lipinski definition) is 1. The number of carbonyl (C=O) groups is 1. The van der Waals surface area contributed by atoms with Crippen molar-refractivity contribution in [3.05, 3.63) is 83.6 Å². The zero-order chi connectivity index (χ0) is 20.9. The van der Waals surface area contributed by atoms with Gasteiger partial charge in [0, 0.05) is 34.4 Å². The monoisotopic (exact) mass is 435 g/mol. The Balaban J connectivity index is 1.58. The van der Waals surface area contributed by atoms with Crippen LogP contribution in [0, 0.1) is 6.92 Å². The molecule has 2 heterocycles. The lowest BCUT2D eigenvalue weighted by molar-refractivity contribution is -0.113. The van der Waals surface area contributed by atoms with Crippen LogP contribution in [-0.2, 0) is 4.79 Å². The van der Waals surface area contributed by atoms with Crippen LogP contribution < -0.4 is 5.32 Å². The minimum Gasteiger partial charge on any atom is -0.325 e. The highest BCUT2D eigenvalue weighted by Crippen LogP contribution is 2.28. The van der Waals surface area contributed by atoms with E-state index >= 15 is 0 Å². The molecule has 4 aromatic rings. The summed E-state index contributed by atoms with van der Waals surface area (Å²) in [4.78, 5) is 16.6. The van der Waals surface area contributed by atoms with Gasteiger partial charge in [0.1, 0.15) is 0 Å². The molecule has 1 amide bonds. The van der Waals surface area contributed by atoms with Gasteiger partial charge < -0.3 is 5.32 Å². The Morgan fingerprint density at radius 3 is 2.60 bits per heavy atom. The lowest BCUT2D eigenvalue weighted by atomic mass is 10.2. The van der Waals surface area contributed by atoms with Gasteiger partial charge in [-0.2, -0.15) is 0 Å². The van der Waals surface area contributed by atoms with Crippen molar-refractivity contribution >= 4 is 35.0 Å². The van der Waals surface area contributed by atoms with Crippen molar-refractivity contribution in [3.63, 3.8) is 0 Å². The number of pyridine rings is 1. The summed E-state index contributed by atoms with van der Waals surface area (Å²) >= 11 is 7.36. The zero-order valence-electron chi connectivity index (χ0n) is 16.1. The van der Waals surface area contributed by atoms with Crippen molar-refractivity contribution in [1.82, 2.24) is 19.7 Å². The van der Waals surface area contributed by atoms with Crippen molar-refractivity contribution in [2.24, 2.45) is 0 Å². The van der Waals surface area contributed by atoms with Crippen LogP contribution in [-0.4, -0.2) is 31.4 Å². The molecule has 150 valence electrons. The van der Waals surface area contributed by atoms with Gasteiger partial charge in [-0.25, -0.2) is 0 Å². The fraction of sp³-hybridized carbons (Fsp3) is 0.0909. The van der Waals surface area contributed by atoms with Gasteiger partial charge in [-0.3, -0.25) is 14.3 Å². The van der Waals surface area contributed by atoms with Gasteiger partial charge in [0.05, 0.1) is 5.75 Å². The maximum absolute atomic E-state index is 12.5. The molecule has 0 saturated carbocycles. The molecule has 2 aromatic heterocycles. The molecular weight excluding hydrogens is 418 g/mol. The quantitative estimate of drug-likeness (QED) is 0.430. The van der Waals surface area contributed by atoms with Crippen LogP contribution in [0.3, 0.4) is 0 Å². The van der Waals surface area contributed by atoms with Crippen LogP contribution in [0.4, 0.5) is 5.69 Å². The van der Waals surface area contributed by atoms with Crippen LogP contribution in [0.15, 0.2) is 78.2 Å². The third kappa shape index (κ3) is 4.53. The van der Waals surface area contributed by atoms with Gasteiger partial charge in [0.15, 0.2) is 11.0 Å². The predicted molar refractivity (Wildman–Crippen MR) is 120 cm³/mol. The number of nitrogens with zero attached hydrogens (tertiary/aromatic N) is 4. The summed E-state index contributed by atoms with van der Waals surface area (Å²) in [6.45, 7) is 1.92. The van der Waals surface area contributed by atoms with E-state index in [2.05, 4.69) is 20.5 Å². The van der Waals surface area contributed by atoms with Crippen molar-refractivity contribution in [3.8, 4) is 17.1 Å². The third-order valence-corrected chi connectivity index (χ3v) is 5.56. The Bertz CT molecular complexity index is 1160. The van der Waals surface area contributed by atoms with E-state index in [0.29, 0.717) is 21.7 Å². The Hall–Kier alpha value is -3.16. The number of benzene rings is 2. The van der Waals surface area contributed by atoms with E-state index in [0.717, 1.165) is 16.8 Å². The summed E-state index contributed by atoms with van der Waals surface area (Å²) in [6, 6.07) is 19.0. The topological polar surface area (TPSA) is 72.7 Å². The van der Waals surface area contributed by atoms with E-state index in [-0.39, 0.29) is 11.7 Å². The van der Waals surface area contributed by atoms with Crippen molar-refractivity contribution in [1.29, 1.82) is 0 Å². The number of halogens is 1. The van der Waals surface area contributed by atoms with E-state index in [1.165, 1.54) is 11.8 Å². The molecule has 0 aliphatic heterocycles. The molecule has 0 saturated heterocycles. The van der Waals surface area contributed by atoms with E-state index in [4.69, 9.17) is 11.6 Å². The molecule has 0 fully saturated rings. The van der Waals surface area contributed by atoms with Crippen LogP contribution in [0.25, 0.3) is 17.1 Å². The summed E-state index contributed by atoms with van der Waals surface area (Å²) in [5, 5.41) is 12.8. The first-order valence-corrected chi connectivity index (χ1v) is 10.6. The minimum atomic E-state index is -0.140. The van der Waals surface area contributed by atoms with E-state index in [1.54, 1.807) is 24.5 Å². The molecule has 0 aliphatic carbocycles. The summed E-state index contributed by atoms with van der Waals surface area (Å²) < 4.78 is 1.94. The second-order valence-electron chi connectivity index (χ2n) is 6.51. The number of anilines is 1. The van der Waals surface area contributed by atoms with Gasteiger partial charge >= 0.3 is 0 Å². The summed E-state index contributed by atoms with van der Waals surface area (Å²) in [6.07, 6.45) is 3.43. The molecule has 0 unspecified atom stereocenters. The van der Waals surface area contributed by atoms with E-state index in [9.17, 15) is 4.79 Å². The average molecular weight is 436 g/mol. The van der Waals surface area contributed by atoms with Gasteiger partial charge in [0.25, 0.3) is 0 Å². The number of rotatable bonds is 6. The highest BCUT2D eigenvalue weighted by molar-refractivity contribution is 7.99. The summed E-state index contributed by atoms with van der Waals surface area (Å²) in [5.74, 6) is 0.739. The molecule has 0 aliphatic rings. The second-order valence-corrected chi connectivity index (χ2v) is 7.89. The van der Waals surface area contributed by atoms with E-state index in [1.807, 2.05) is 60.0 Å². The summed E-state index contributed by atoms with van der Waals surface area (Å²) in [7, 11) is 0. The SMILES string of the molecule is Cc1ccc(Cl)cc1NC(=O)CSc1nnc(-c2ccncc2)n1-c1ccccc1. The van der Waals surface area contributed by atoms with E-state index < -0.39 is 0 Å². The molecule has 1 N–H and O–H groups in total. The zero-order valence-corrected chi connectivity index (χ0v) is 17.7. The molecule has 30 heavy (non-hydrogen) atoms. The standard InChI is InChI=1S/C22H18ClN5OS/c1-15-7-8-17(23)13-19(15)25-20(29)14-30-22-27-26-21(16-9-11-24-12-10-16)28(22)18-5-3-2-4-6-18/h2-13H,14H2,1H3,(H,25,29). The normalized spacial score (nSPS) is 10.7. The number of hydrogen-bond acceptors (Lipinski definition) is 5. The Kier molecular flexibility index (Phi) is 6.11. The number of nitrogens with one attached hydrogen (secondary N) is 1. The molecule has 6 nitrogen and oxygen atoms in total. The van der Waals surface area contributed by atoms with Crippen LogP contribution >= 0.6 is 23.4 Å². The molecule has 0 radical (unpaired) electrons. The Labute approximate surface area is 183 Å². The Morgan fingerprint density at radius 1 is 1.07 bits per heavy atom. The van der Waals surface area contributed by atoms with Gasteiger partial charge in [-0.15, -0.1) is 10.2 Å². The lowest BCUT2D eigenvalue weighted by Gasteiger charge is -2.11. The molecule has 0 bridgehead atoms. The highest BCUT2D eigenvalue weighted by atomic mass is 35.5. The molecule has 0 atom stereocenters. The number of carbonyl (C=O) groups excluding carboxylic acids is 1. The van der Waals surface area contributed by atoms with Gasteiger partial charge in [-0.05, 0) is 48.9 Å². The summed E-state index contributed by atoms with van der Waals surface area (Å²) in [5.41, 5.74) is 3.47. The van der Waals surface area contributed by atoms with Crippen molar-refractivity contribution < 1.29 is 4.79 Å². The first-order valence-electron chi connectivity index (χ1n) is 9.22. The molecular formula is C22H18ClN5OS. The number of thioether (sulfide) groups is 1. The van der Waals surface area contributed by atoms with Crippen LogP contribution in [0.5, 0.6) is 0 Å². The first-order chi connectivity index (χ1) is 14.6. The highest BCUT2D eigenvalue weighted by Gasteiger charge is 2.17. The van der Waals surface area contributed by atoms with Crippen LogP contribution in [0.2, 0.25) is 5.02 Å². The number of aryl methyl sites for hydroxylation is 1. The lowest BCUT2D eigenvalue weighted by Crippen LogP contribution is -2.15. The number of aromatic nitrogens is 4. The van der Waals surface area contributed by atoms with Crippen LogP contribution in [0.1, 0.15) is 5.56 Å². The fourth-order valence-electron chi connectivity index (χ4n) is 2.91. The predicted octanol–water partition coefficient (Wildman–Crippen LogP) is 5.02. The molecule has 4 rings (SSSR count).